The van der Waals surface area contributed by atoms with Crippen LogP contribution in [0.5, 0.6) is 0 Å². The van der Waals surface area contributed by atoms with E-state index in [2.05, 4.69) is 9.97 Å². The van der Waals surface area contributed by atoms with E-state index in [9.17, 15) is 4.79 Å². The first kappa shape index (κ1) is 12.9. The molecule has 5 nitrogen and oxygen atoms in total. The van der Waals surface area contributed by atoms with Crippen molar-refractivity contribution >= 4 is 34.5 Å². The lowest BCUT2D eigenvalue weighted by molar-refractivity contribution is 0.103. The van der Waals surface area contributed by atoms with Gasteiger partial charge in [0.25, 0.3) is 0 Å². The number of thiazole rings is 1. The maximum atomic E-state index is 12.2. The SMILES string of the molecule is CC(N)c1nc(C(=O)c2cc(Cl)cnc2N)cs1. The Kier molecular flexibility index (Phi) is 3.60. The molecule has 2 rings (SSSR count). The first-order chi connectivity index (χ1) is 8.49. The van der Waals surface area contributed by atoms with Gasteiger partial charge in [-0.1, -0.05) is 11.6 Å². The predicted molar refractivity (Wildman–Crippen MR) is 71.8 cm³/mol. The minimum Gasteiger partial charge on any atom is -0.383 e. The molecule has 0 bridgehead atoms. The monoisotopic (exact) mass is 282 g/mol. The van der Waals surface area contributed by atoms with Crippen LogP contribution in [0.3, 0.4) is 0 Å². The Morgan fingerprint density at radius 1 is 1.56 bits per heavy atom. The van der Waals surface area contributed by atoms with Crippen molar-refractivity contribution in [2.45, 2.75) is 13.0 Å². The van der Waals surface area contributed by atoms with Gasteiger partial charge < -0.3 is 11.5 Å². The zero-order valence-electron chi connectivity index (χ0n) is 9.55. The van der Waals surface area contributed by atoms with Gasteiger partial charge in [0.15, 0.2) is 0 Å². The van der Waals surface area contributed by atoms with Gasteiger partial charge in [0, 0.05) is 11.6 Å². The summed E-state index contributed by atoms with van der Waals surface area (Å²) in [5.41, 5.74) is 11.9. The maximum absolute atomic E-state index is 12.2. The number of aromatic nitrogens is 2. The minimum atomic E-state index is -0.300. The van der Waals surface area contributed by atoms with Crippen LogP contribution in [0.4, 0.5) is 5.82 Å². The third-order valence-corrected chi connectivity index (χ3v) is 3.53. The Labute approximate surface area is 113 Å². The number of carbonyl (C=O) groups excluding carboxylic acids is 1. The van der Waals surface area contributed by atoms with Gasteiger partial charge in [-0.15, -0.1) is 11.3 Å². The van der Waals surface area contributed by atoms with Crippen LogP contribution in [0, 0.1) is 0 Å². The number of rotatable bonds is 3. The van der Waals surface area contributed by atoms with Crippen LogP contribution in [-0.4, -0.2) is 15.8 Å². The molecule has 1 unspecified atom stereocenters. The summed E-state index contributed by atoms with van der Waals surface area (Å²) >= 11 is 7.14. The van der Waals surface area contributed by atoms with Crippen LogP contribution >= 0.6 is 22.9 Å². The van der Waals surface area contributed by atoms with E-state index in [-0.39, 0.29) is 23.2 Å². The molecule has 0 amide bonds. The zero-order chi connectivity index (χ0) is 13.3. The van der Waals surface area contributed by atoms with Crippen molar-refractivity contribution in [1.82, 2.24) is 9.97 Å². The molecule has 0 aliphatic heterocycles. The van der Waals surface area contributed by atoms with Gasteiger partial charge in [0.2, 0.25) is 5.78 Å². The van der Waals surface area contributed by atoms with Crippen molar-refractivity contribution in [1.29, 1.82) is 0 Å². The largest absolute Gasteiger partial charge is 0.383 e. The van der Waals surface area contributed by atoms with Crippen LogP contribution < -0.4 is 11.5 Å². The van der Waals surface area contributed by atoms with Crippen molar-refractivity contribution in [3.63, 3.8) is 0 Å². The molecule has 0 radical (unpaired) electrons. The molecule has 0 saturated heterocycles. The zero-order valence-corrected chi connectivity index (χ0v) is 11.1. The Bertz CT molecular complexity index is 596. The van der Waals surface area contributed by atoms with E-state index in [1.807, 2.05) is 6.92 Å². The summed E-state index contributed by atoms with van der Waals surface area (Å²) < 4.78 is 0. The predicted octanol–water partition coefficient (Wildman–Crippen LogP) is 2.02. The summed E-state index contributed by atoms with van der Waals surface area (Å²) in [7, 11) is 0. The molecule has 1 atom stereocenters. The summed E-state index contributed by atoms with van der Waals surface area (Å²) in [6, 6.07) is 1.28. The number of halogens is 1. The first-order valence-electron chi connectivity index (χ1n) is 5.15. The standard InChI is InChI=1S/C11H11ClN4OS/c1-5(13)11-16-8(4-18-11)9(17)7-2-6(12)3-15-10(7)14/h2-5H,13H2,1H3,(H2,14,15). The molecule has 0 saturated carbocycles. The second kappa shape index (κ2) is 5.01. The summed E-state index contributed by atoms with van der Waals surface area (Å²) in [6.45, 7) is 1.81. The topological polar surface area (TPSA) is 94.9 Å². The highest BCUT2D eigenvalue weighted by molar-refractivity contribution is 7.09. The fourth-order valence-electron chi connectivity index (χ4n) is 1.37. The van der Waals surface area contributed by atoms with E-state index in [1.165, 1.54) is 23.6 Å². The fourth-order valence-corrected chi connectivity index (χ4v) is 2.29. The van der Waals surface area contributed by atoms with Gasteiger partial charge in [-0.25, -0.2) is 9.97 Å². The second-order valence-corrected chi connectivity index (χ2v) is 5.10. The van der Waals surface area contributed by atoms with Crippen LogP contribution in [-0.2, 0) is 0 Å². The number of anilines is 1. The lowest BCUT2D eigenvalue weighted by atomic mass is 10.1. The summed E-state index contributed by atoms with van der Waals surface area (Å²) in [4.78, 5) is 20.2. The number of nitrogens with two attached hydrogens (primary N) is 2. The molecule has 2 aromatic rings. The van der Waals surface area contributed by atoms with Crippen molar-refractivity contribution in [2.24, 2.45) is 5.73 Å². The molecule has 2 heterocycles. The van der Waals surface area contributed by atoms with Gasteiger partial charge in [-0.2, -0.15) is 0 Å². The molecule has 2 aromatic heterocycles. The smallest absolute Gasteiger partial charge is 0.215 e. The highest BCUT2D eigenvalue weighted by atomic mass is 35.5. The minimum absolute atomic E-state index is 0.139. The average Bonchev–Trinajstić information content (AvgIpc) is 2.81. The summed E-state index contributed by atoms with van der Waals surface area (Å²) in [6.07, 6.45) is 1.39. The molecule has 18 heavy (non-hydrogen) atoms. The lowest BCUT2D eigenvalue weighted by Crippen LogP contribution is -2.09. The molecule has 0 spiro atoms. The second-order valence-electron chi connectivity index (χ2n) is 3.78. The van der Waals surface area contributed by atoms with Crippen molar-refractivity contribution < 1.29 is 4.79 Å². The van der Waals surface area contributed by atoms with Crippen LogP contribution in [0.25, 0.3) is 0 Å². The number of hydrogen-bond acceptors (Lipinski definition) is 6. The van der Waals surface area contributed by atoms with Crippen molar-refractivity contribution in [2.75, 3.05) is 5.73 Å². The molecular weight excluding hydrogens is 272 g/mol. The Morgan fingerprint density at radius 3 is 2.89 bits per heavy atom. The van der Waals surface area contributed by atoms with E-state index < -0.39 is 0 Å². The highest BCUT2D eigenvalue weighted by Gasteiger charge is 2.18. The number of nitrogen functional groups attached to an aromatic ring is 1. The number of carbonyl (C=O) groups is 1. The Morgan fingerprint density at radius 2 is 2.28 bits per heavy atom. The number of hydrogen-bond donors (Lipinski definition) is 2. The molecular formula is C11H11ClN4OS. The molecule has 0 aromatic carbocycles. The summed E-state index contributed by atoms with van der Waals surface area (Å²) in [5.74, 6) is -0.162. The Balaban J connectivity index is 2.38. The van der Waals surface area contributed by atoms with E-state index in [0.29, 0.717) is 15.7 Å². The van der Waals surface area contributed by atoms with E-state index >= 15 is 0 Å². The molecule has 0 aliphatic rings. The molecule has 94 valence electrons. The van der Waals surface area contributed by atoms with Gasteiger partial charge in [0.05, 0.1) is 16.6 Å². The van der Waals surface area contributed by atoms with Gasteiger partial charge in [-0.3, -0.25) is 4.79 Å². The van der Waals surface area contributed by atoms with Crippen LogP contribution in [0.15, 0.2) is 17.6 Å². The van der Waals surface area contributed by atoms with Crippen LogP contribution in [0.1, 0.15) is 34.0 Å². The third kappa shape index (κ3) is 2.50. The average molecular weight is 283 g/mol. The molecule has 4 N–H and O–H groups in total. The third-order valence-electron chi connectivity index (χ3n) is 2.27. The molecule has 0 fully saturated rings. The van der Waals surface area contributed by atoms with Crippen molar-refractivity contribution in [3.8, 4) is 0 Å². The van der Waals surface area contributed by atoms with E-state index in [1.54, 1.807) is 5.38 Å². The number of ketones is 1. The lowest BCUT2D eigenvalue weighted by Gasteiger charge is -2.02. The van der Waals surface area contributed by atoms with E-state index in [0.717, 1.165) is 0 Å². The van der Waals surface area contributed by atoms with Gasteiger partial charge in [-0.05, 0) is 13.0 Å². The van der Waals surface area contributed by atoms with Gasteiger partial charge in [0.1, 0.15) is 16.5 Å². The maximum Gasteiger partial charge on any atom is 0.215 e. The molecule has 7 heteroatoms. The fraction of sp³-hybridized carbons (Fsp3) is 0.182. The summed E-state index contributed by atoms with van der Waals surface area (Å²) in [5, 5.41) is 2.71. The van der Waals surface area contributed by atoms with Crippen LogP contribution in [0.2, 0.25) is 5.02 Å². The number of pyridine rings is 1. The first-order valence-corrected chi connectivity index (χ1v) is 6.41. The normalized spacial score (nSPS) is 12.4. The highest BCUT2D eigenvalue weighted by Crippen LogP contribution is 2.21. The van der Waals surface area contributed by atoms with Gasteiger partial charge >= 0.3 is 0 Å². The molecule has 0 aliphatic carbocycles. The Hall–Kier alpha value is -1.50. The van der Waals surface area contributed by atoms with E-state index in [4.69, 9.17) is 23.1 Å². The quantitative estimate of drug-likeness (QED) is 0.840. The van der Waals surface area contributed by atoms with Crippen molar-refractivity contribution in [3.05, 3.63) is 38.9 Å². The number of nitrogens with zero attached hydrogens (tertiary/aromatic N) is 2.